The number of carbonyl (C=O) groups excluding carboxylic acids is 1. The summed E-state index contributed by atoms with van der Waals surface area (Å²) in [5.74, 6) is -2.09. The van der Waals surface area contributed by atoms with Gasteiger partial charge in [-0.15, -0.1) is 0 Å². The summed E-state index contributed by atoms with van der Waals surface area (Å²) in [6.07, 6.45) is 0. The Bertz CT molecular complexity index is 960. The molecule has 0 spiro atoms. The van der Waals surface area contributed by atoms with Crippen molar-refractivity contribution in [2.24, 2.45) is 5.73 Å². The first kappa shape index (κ1) is 17.4. The van der Waals surface area contributed by atoms with E-state index in [9.17, 15) is 13.2 Å². The second kappa shape index (κ2) is 6.13. The molecule has 25 heavy (non-hydrogen) atoms. The van der Waals surface area contributed by atoms with Crippen LogP contribution in [0.4, 0.5) is 0 Å². The molecule has 0 unspecified atom stereocenters. The van der Waals surface area contributed by atoms with Crippen LogP contribution in [0, 0.1) is 0 Å². The zero-order valence-electron chi connectivity index (χ0n) is 12.7. The van der Waals surface area contributed by atoms with Gasteiger partial charge in [-0.3, -0.25) is 4.79 Å². The fourth-order valence-electron chi connectivity index (χ4n) is 2.26. The normalized spacial score (nSPS) is 20.4. The number of nitrogens with two attached hydrogens (primary N) is 1. The maximum absolute atomic E-state index is 12.6. The SMILES string of the molecule is [B][C@]1(c2ccc(Cl)cc2)OC(N)=C(OS(=O)(=O)c2ccccc2)C1=O. The average molecular weight is 376 g/mol. The van der Waals surface area contributed by atoms with Crippen molar-refractivity contribution in [1.29, 1.82) is 0 Å². The van der Waals surface area contributed by atoms with Crippen molar-refractivity contribution < 1.29 is 22.1 Å². The van der Waals surface area contributed by atoms with Gasteiger partial charge in [0.1, 0.15) is 12.7 Å². The molecule has 6 nitrogen and oxygen atoms in total. The maximum Gasteiger partial charge on any atom is 0.339 e. The molecule has 1 aliphatic rings. The third-order valence-corrected chi connectivity index (χ3v) is 5.02. The van der Waals surface area contributed by atoms with Gasteiger partial charge in [-0.05, 0) is 29.8 Å². The van der Waals surface area contributed by atoms with E-state index in [0.717, 1.165) is 0 Å². The Kier molecular flexibility index (Phi) is 4.26. The minimum Gasteiger partial charge on any atom is -0.467 e. The van der Waals surface area contributed by atoms with E-state index in [-0.39, 0.29) is 10.5 Å². The van der Waals surface area contributed by atoms with E-state index in [2.05, 4.69) is 0 Å². The van der Waals surface area contributed by atoms with Gasteiger partial charge in [0.15, 0.2) is 5.50 Å². The first-order chi connectivity index (χ1) is 11.7. The van der Waals surface area contributed by atoms with Crippen LogP contribution in [0.5, 0.6) is 0 Å². The van der Waals surface area contributed by atoms with Crippen molar-refractivity contribution in [2.75, 3.05) is 0 Å². The number of Topliss-reactive ketones (excluding diaryl/α,β-unsaturated/α-hetero) is 1. The molecule has 2 aromatic carbocycles. The van der Waals surface area contributed by atoms with Gasteiger partial charge in [0.05, 0.1) is 0 Å². The summed E-state index contributed by atoms with van der Waals surface area (Å²) in [4.78, 5) is 12.5. The average Bonchev–Trinajstić information content (AvgIpc) is 2.80. The van der Waals surface area contributed by atoms with Crippen molar-refractivity contribution in [1.82, 2.24) is 0 Å². The topological polar surface area (TPSA) is 95.7 Å². The molecule has 1 atom stereocenters. The Balaban J connectivity index is 1.92. The van der Waals surface area contributed by atoms with Crippen LogP contribution in [0.3, 0.4) is 0 Å². The standard InChI is InChI=1S/C16H11BClNO5S/c17-16(10-6-8-11(18)9-7-10)14(20)13(15(19)23-16)24-25(21,22)12-4-2-1-3-5-12/h1-9H,19H2/t16-/m1/s1. The molecule has 0 amide bonds. The first-order valence-corrected chi connectivity index (χ1v) is 8.81. The summed E-state index contributed by atoms with van der Waals surface area (Å²) in [6.45, 7) is 0. The van der Waals surface area contributed by atoms with Gasteiger partial charge in [-0.2, -0.15) is 8.42 Å². The van der Waals surface area contributed by atoms with E-state index in [1.165, 1.54) is 48.5 Å². The lowest BCUT2D eigenvalue weighted by atomic mass is 9.73. The van der Waals surface area contributed by atoms with E-state index in [1.807, 2.05) is 0 Å². The smallest absolute Gasteiger partial charge is 0.339 e. The van der Waals surface area contributed by atoms with E-state index in [4.69, 9.17) is 34.1 Å². The van der Waals surface area contributed by atoms with Crippen LogP contribution in [-0.2, 0) is 29.3 Å². The Morgan fingerprint density at radius 2 is 1.68 bits per heavy atom. The second-order valence-electron chi connectivity index (χ2n) is 5.22. The fraction of sp³-hybridized carbons (Fsp3) is 0.0625. The van der Waals surface area contributed by atoms with Gasteiger partial charge in [-0.25, -0.2) is 0 Å². The molecular formula is C16H11BClNO5S. The van der Waals surface area contributed by atoms with Crippen LogP contribution in [0.25, 0.3) is 0 Å². The highest BCUT2D eigenvalue weighted by molar-refractivity contribution is 7.86. The molecule has 2 aromatic rings. The van der Waals surface area contributed by atoms with Crippen LogP contribution in [0.15, 0.2) is 71.1 Å². The minimum atomic E-state index is -4.26. The van der Waals surface area contributed by atoms with Gasteiger partial charge in [0.2, 0.25) is 17.4 Å². The van der Waals surface area contributed by atoms with E-state index >= 15 is 0 Å². The van der Waals surface area contributed by atoms with Crippen molar-refractivity contribution in [3.63, 3.8) is 0 Å². The molecule has 0 fully saturated rings. The summed E-state index contributed by atoms with van der Waals surface area (Å²) in [5, 5.41) is 0.432. The number of halogens is 1. The summed E-state index contributed by atoms with van der Waals surface area (Å²) in [6, 6.07) is 13.3. The largest absolute Gasteiger partial charge is 0.467 e. The number of carbonyl (C=O) groups is 1. The fourth-order valence-corrected chi connectivity index (χ4v) is 3.35. The third kappa shape index (κ3) is 3.10. The maximum atomic E-state index is 12.6. The number of hydrogen-bond donors (Lipinski definition) is 1. The van der Waals surface area contributed by atoms with Crippen LogP contribution >= 0.6 is 11.6 Å². The molecule has 0 saturated carbocycles. The summed E-state index contributed by atoms with van der Waals surface area (Å²) in [7, 11) is 1.74. The predicted octanol–water partition coefficient (Wildman–Crippen LogP) is 1.79. The summed E-state index contributed by atoms with van der Waals surface area (Å²) in [5.41, 5.74) is 3.90. The molecule has 126 valence electrons. The van der Waals surface area contributed by atoms with Gasteiger partial charge in [0, 0.05) is 5.02 Å². The molecule has 0 aliphatic carbocycles. The number of ketones is 1. The molecule has 0 bridgehead atoms. The van der Waals surface area contributed by atoms with Gasteiger partial charge < -0.3 is 14.7 Å². The lowest BCUT2D eigenvalue weighted by molar-refractivity contribution is -0.126. The number of hydrogen-bond acceptors (Lipinski definition) is 6. The highest BCUT2D eigenvalue weighted by atomic mass is 35.5. The molecule has 3 rings (SSSR count). The second-order valence-corrected chi connectivity index (χ2v) is 7.20. The predicted molar refractivity (Wildman–Crippen MR) is 90.9 cm³/mol. The molecule has 1 heterocycles. The Hall–Kier alpha value is -2.45. The summed E-state index contributed by atoms with van der Waals surface area (Å²) < 4.78 is 34.7. The molecule has 0 saturated heterocycles. The van der Waals surface area contributed by atoms with Crippen molar-refractivity contribution in [2.45, 2.75) is 10.4 Å². The molecule has 0 aromatic heterocycles. The third-order valence-electron chi connectivity index (χ3n) is 3.54. The van der Waals surface area contributed by atoms with Gasteiger partial charge in [-0.1, -0.05) is 41.9 Å². The van der Waals surface area contributed by atoms with Crippen LogP contribution in [-0.4, -0.2) is 22.0 Å². The Labute approximate surface area is 150 Å². The monoisotopic (exact) mass is 375 g/mol. The number of rotatable bonds is 4. The summed E-state index contributed by atoms with van der Waals surface area (Å²) >= 11 is 5.81. The molecule has 1 aliphatic heterocycles. The highest BCUT2D eigenvalue weighted by Crippen LogP contribution is 2.36. The van der Waals surface area contributed by atoms with Crippen LogP contribution < -0.4 is 5.73 Å². The molecule has 9 heteroatoms. The van der Waals surface area contributed by atoms with Crippen LogP contribution in [0.1, 0.15) is 5.56 Å². The van der Waals surface area contributed by atoms with E-state index < -0.39 is 33.0 Å². The van der Waals surface area contributed by atoms with Crippen LogP contribution in [0.2, 0.25) is 5.02 Å². The lowest BCUT2D eigenvalue weighted by Gasteiger charge is -2.23. The lowest BCUT2D eigenvalue weighted by Crippen LogP contribution is -2.35. The highest BCUT2D eigenvalue weighted by Gasteiger charge is 2.48. The minimum absolute atomic E-state index is 0.135. The Morgan fingerprint density at radius 3 is 2.28 bits per heavy atom. The first-order valence-electron chi connectivity index (χ1n) is 7.02. The Morgan fingerprint density at radius 1 is 1.08 bits per heavy atom. The zero-order chi connectivity index (χ0) is 18.2. The quantitative estimate of drug-likeness (QED) is 0.646. The number of ether oxygens (including phenoxy) is 1. The van der Waals surface area contributed by atoms with E-state index in [0.29, 0.717) is 5.02 Å². The molecule has 2 N–H and O–H groups in total. The van der Waals surface area contributed by atoms with Crippen molar-refractivity contribution >= 4 is 35.3 Å². The van der Waals surface area contributed by atoms with E-state index in [1.54, 1.807) is 6.07 Å². The zero-order valence-corrected chi connectivity index (χ0v) is 14.3. The molecule has 2 radical (unpaired) electrons. The van der Waals surface area contributed by atoms with Gasteiger partial charge >= 0.3 is 10.1 Å². The number of benzene rings is 2. The molecular weight excluding hydrogens is 365 g/mol. The van der Waals surface area contributed by atoms with Gasteiger partial charge in [0.25, 0.3) is 0 Å². The van der Waals surface area contributed by atoms with Crippen molar-refractivity contribution in [3.05, 3.63) is 76.8 Å². The van der Waals surface area contributed by atoms with Crippen molar-refractivity contribution in [3.8, 4) is 0 Å².